The number of aromatic nitrogens is 2. The standard InChI is InChI=1S/C18H16ClN3O5/c1-3-25-18(24)13-9(2)27-16-14(13)15(20)21-12(22-16)8-26-17(23)10-5-4-6-11(19)7-10/h4-7H,3,8H2,1-2H3,(H2,20,21,22). The molecule has 0 spiro atoms. The largest absolute Gasteiger partial charge is 0.462 e. The van der Waals surface area contributed by atoms with E-state index in [4.69, 9.17) is 31.2 Å². The SMILES string of the molecule is CCOC(=O)c1c(C)oc2nc(COC(=O)c3cccc(Cl)c3)nc(N)c12. The molecule has 0 bridgehead atoms. The number of carbonyl (C=O) groups is 2. The molecule has 27 heavy (non-hydrogen) atoms. The first kappa shape index (κ1) is 18.7. The van der Waals surface area contributed by atoms with Gasteiger partial charge in [-0.25, -0.2) is 14.6 Å². The van der Waals surface area contributed by atoms with Crippen molar-refractivity contribution in [3.8, 4) is 0 Å². The van der Waals surface area contributed by atoms with E-state index in [1.54, 1.807) is 32.0 Å². The molecule has 3 rings (SSSR count). The highest BCUT2D eigenvalue weighted by atomic mass is 35.5. The van der Waals surface area contributed by atoms with Gasteiger partial charge in [0.25, 0.3) is 0 Å². The average Bonchev–Trinajstić information content (AvgIpc) is 2.96. The number of anilines is 1. The van der Waals surface area contributed by atoms with Crippen molar-refractivity contribution in [1.82, 2.24) is 9.97 Å². The molecule has 1 aromatic carbocycles. The van der Waals surface area contributed by atoms with Crippen molar-refractivity contribution in [1.29, 1.82) is 0 Å². The zero-order chi connectivity index (χ0) is 19.6. The van der Waals surface area contributed by atoms with E-state index in [1.807, 2.05) is 0 Å². The molecule has 0 unspecified atom stereocenters. The summed E-state index contributed by atoms with van der Waals surface area (Å²) in [7, 11) is 0. The third kappa shape index (κ3) is 3.85. The van der Waals surface area contributed by atoms with Crippen molar-refractivity contribution in [2.75, 3.05) is 12.3 Å². The lowest BCUT2D eigenvalue weighted by Crippen LogP contribution is -2.10. The summed E-state index contributed by atoms with van der Waals surface area (Å²) in [4.78, 5) is 32.5. The highest BCUT2D eigenvalue weighted by Crippen LogP contribution is 2.29. The second-order valence-corrected chi connectivity index (χ2v) is 5.98. The topological polar surface area (TPSA) is 118 Å². The van der Waals surface area contributed by atoms with Crippen LogP contribution < -0.4 is 5.73 Å². The molecule has 0 aliphatic rings. The smallest absolute Gasteiger partial charge is 0.342 e. The number of nitrogens with zero attached hydrogens (tertiary/aromatic N) is 2. The summed E-state index contributed by atoms with van der Waals surface area (Å²) in [5.41, 5.74) is 6.58. The monoisotopic (exact) mass is 389 g/mol. The minimum absolute atomic E-state index is 0.0358. The molecular formula is C18H16ClN3O5. The van der Waals surface area contributed by atoms with Crippen molar-refractivity contribution in [3.63, 3.8) is 0 Å². The van der Waals surface area contributed by atoms with E-state index in [1.165, 1.54) is 6.07 Å². The maximum absolute atomic E-state index is 12.1. The molecular weight excluding hydrogens is 374 g/mol. The van der Waals surface area contributed by atoms with Gasteiger partial charge in [-0.3, -0.25) is 0 Å². The molecule has 0 amide bonds. The van der Waals surface area contributed by atoms with Gasteiger partial charge in [0, 0.05) is 5.02 Å². The summed E-state index contributed by atoms with van der Waals surface area (Å²) >= 11 is 5.86. The summed E-state index contributed by atoms with van der Waals surface area (Å²) in [6.45, 7) is 3.29. The van der Waals surface area contributed by atoms with Crippen LogP contribution in [0.15, 0.2) is 28.7 Å². The first-order chi connectivity index (χ1) is 12.9. The Morgan fingerprint density at radius 2 is 2.00 bits per heavy atom. The Bertz CT molecular complexity index is 1030. The van der Waals surface area contributed by atoms with Crippen LogP contribution in [0.2, 0.25) is 5.02 Å². The molecule has 2 N–H and O–H groups in total. The molecule has 2 aromatic heterocycles. The maximum Gasteiger partial charge on any atom is 0.342 e. The number of carbonyl (C=O) groups excluding carboxylic acids is 2. The third-order valence-electron chi connectivity index (χ3n) is 3.67. The van der Waals surface area contributed by atoms with Crippen LogP contribution in [0.5, 0.6) is 0 Å². The lowest BCUT2D eigenvalue weighted by molar-refractivity contribution is 0.0461. The average molecular weight is 390 g/mol. The Labute approximate surface area is 159 Å². The van der Waals surface area contributed by atoms with E-state index in [0.717, 1.165) is 0 Å². The van der Waals surface area contributed by atoms with Crippen molar-refractivity contribution in [2.45, 2.75) is 20.5 Å². The van der Waals surface area contributed by atoms with E-state index in [-0.39, 0.29) is 41.5 Å². The van der Waals surface area contributed by atoms with Gasteiger partial charge in [-0.15, -0.1) is 0 Å². The number of nitrogen functional groups attached to an aromatic ring is 1. The Hall–Kier alpha value is -3.13. The molecule has 0 aliphatic carbocycles. The van der Waals surface area contributed by atoms with E-state index in [2.05, 4.69) is 9.97 Å². The molecule has 140 valence electrons. The number of nitrogens with two attached hydrogens (primary N) is 1. The predicted molar refractivity (Wildman–Crippen MR) is 97.5 cm³/mol. The van der Waals surface area contributed by atoms with Gasteiger partial charge in [0.05, 0.1) is 17.6 Å². The second kappa shape index (κ2) is 7.63. The van der Waals surface area contributed by atoms with Gasteiger partial charge in [0.2, 0.25) is 5.71 Å². The van der Waals surface area contributed by atoms with Crippen molar-refractivity contribution >= 4 is 40.5 Å². The summed E-state index contributed by atoms with van der Waals surface area (Å²) in [5, 5.41) is 0.694. The molecule has 3 aromatic rings. The first-order valence-corrected chi connectivity index (χ1v) is 8.43. The highest BCUT2D eigenvalue weighted by Gasteiger charge is 2.24. The molecule has 0 aliphatic heterocycles. The van der Waals surface area contributed by atoms with E-state index < -0.39 is 11.9 Å². The quantitative estimate of drug-likeness (QED) is 0.660. The third-order valence-corrected chi connectivity index (χ3v) is 3.91. The molecule has 0 fully saturated rings. The number of hydrogen-bond donors (Lipinski definition) is 1. The fourth-order valence-electron chi connectivity index (χ4n) is 2.53. The highest BCUT2D eigenvalue weighted by molar-refractivity contribution is 6.30. The number of benzene rings is 1. The lowest BCUT2D eigenvalue weighted by Gasteiger charge is -2.06. The van der Waals surface area contributed by atoms with E-state index >= 15 is 0 Å². The van der Waals surface area contributed by atoms with Gasteiger partial charge in [0.1, 0.15) is 17.1 Å². The second-order valence-electron chi connectivity index (χ2n) is 5.55. The number of fused-ring (bicyclic) bond motifs is 1. The fraction of sp³-hybridized carbons (Fsp3) is 0.222. The van der Waals surface area contributed by atoms with E-state index in [9.17, 15) is 9.59 Å². The number of esters is 2. The number of halogens is 1. The molecule has 0 radical (unpaired) electrons. The van der Waals surface area contributed by atoms with Crippen LogP contribution >= 0.6 is 11.6 Å². The van der Waals surface area contributed by atoms with Gasteiger partial charge in [-0.05, 0) is 32.0 Å². The van der Waals surface area contributed by atoms with Crippen molar-refractivity contribution < 1.29 is 23.5 Å². The van der Waals surface area contributed by atoms with Crippen LogP contribution in [0, 0.1) is 6.92 Å². The van der Waals surface area contributed by atoms with Gasteiger partial charge >= 0.3 is 11.9 Å². The van der Waals surface area contributed by atoms with Gasteiger partial charge in [-0.2, -0.15) is 4.98 Å². The zero-order valence-corrected chi connectivity index (χ0v) is 15.4. The molecule has 0 saturated heterocycles. The molecule has 9 heteroatoms. The van der Waals surface area contributed by atoms with Crippen LogP contribution in [-0.2, 0) is 16.1 Å². The zero-order valence-electron chi connectivity index (χ0n) is 14.6. The van der Waals surface area contributed by atoms with Gasteiger partial charge < -0.3 is 19.6 Å². The number of furan rings is 1. The summed E-state index contributed by atoms with van der Waals surface area (Å²) in [6, 6.07) is 6.36. The number of ether oxygens (including phenoxy) is 2. The van der Waals surface area contributed by atoms with Crippen molar-refractivity contribution in [3.05, 3.63) is 52.0 Å². The first-order valence-electron chi connectivity index (χ1n) is 8.06. The number of hydrogen-bond acceptors (Lipinski definition) is 8. The van der Waals surface area contributed by atoms with E-state index in [0.29, 0.717) is 16.3 Å². The normalized spacial score (nSPS) is 10.8. The maximum atomic E-state index is 12.1. The Balaban J connectivity index is 1.84. The van der Waals surface area contributed by atoms with Crippen LogP contribution in [0.4, 0.5) is 5.82 Å². The molecule has 0 atom stereocenters. The van der Waals surface area contributed by atoms with Crippen LogP contribution in [0.1, 0.15) is 39.2 Å². The Morgan fingerprint density at radius 3 is 2.70 bits per heavy atom. The van der Waals surface area contributed by atoms with Crippen molar-refractivity contribution in [2.24, 2.45) is 0 Å². The Morgan fingerprint density at radius 1 is 1.22 bits per heavy atom. The summed E-state index contributed by atoms with van der Waals surface area (Å²) in [6.07, 6.45) is 0. The fourth-order valence-corrected chi connectivity index (χ4v) is 2.72. The number of rotatable bonds is 5. The molecule has 0 saturated carbocycles. The Kier molecular flexibility index (Phi) is 5.27. The molecule has 2 heterocycles. The lowest BCUT2D eigenvalue weighted by atomic mass is 10.2. The minimum atomic E-state index is -0.581. The van der Waals surface area contributed by atoms with Crippen LogP contribution in [0.25, 0.3) is 11.1 Å². The minimum Gasteiger partial charge on any atom is -0.462 e. The number of aryl methyl sites for hydroxylation is 1. The predicted octanol–water partition coefficient (Wildman–Crippen LogP) is 3.30. The molecule has 8 nitrogen and oxygen atoms in total. The van der Waals surface area contributed by atoms with Gasteiger partial charge in [-0.1, -0.05) is 17.7 Å². The summed E-state index contributed by atoms with van der Waals surface area (Å²) in [5.74, 6) is -0.655. The van der Waals surface area contributed by atoms with Crippen LogP contribution in [-0.4, -0.2) is 28.5 Å². The van der Waals surface area contributed by atoms with Gasteiger partial charge in [0.15, 0.2) is 12.4 Å². The van der Waals surface area contributed by atoms with Crippen LogP contribution in [0.3, 0.4) is 0 Å². The summed E-state index contributed by atoms with van der Waals surface area (Å²) < 4.78 is 15.7.